The van der Waals surface area contributed by atoms with E-state index in [-0.39, 0.29) is 30.0 Å². The molecule has 1 aliphatic carbocycles. The molecule has 5 heteroatoms. The predicted molar refractivity (Wildman–Crippen MR) is 64.6 cm³/mol. The maximum atomic E-state index is 12.1. The highest BCUT2D eigenvalue weighted by atomic mass is 35.5. The third-order valence-corrected chi connectivity index (χ3v) is 3.07. The Morgan fingerprint density at radius 2 is 2.00 bits per heavy atom. The Hall–Kier alpha value is -0.320. The van der Waals surface area contributed by atoms with E-state index in [0.29, 0.717) is 13.1 Å². The van der Waals surface area contributed by atoms with Gasteiger partial charge in [0.2, 0.25) is 5.91 Å². The van der Waals surface area contributed by atoms with E-state index in [1.54, 1.807) is 0 Å². The largest absolute Gasteiger partial charge is 0.369 e. The van der Waals surface area contributed by atoms with Gasteiger partial charge in [0.15, 0.2) is 0 Å². The average molecular weight is 249 g/mol. The Kier molecular flexibility index (Phi) is 3.58. The number of carbonyl (C=O) groups excluding carboxylic acids is 1. The molecule has 0 aromatic heterocycles. The fraction of sp³-hybridized carbons (Fsp3) is 0.909. The normalized spacial score (nSPS) is 30.5. The number of nitrogens with zero attached hydrogens (tertiary/aromatic N) is 1. The molecule has 1 heterocycles. The summed E-state index contributed by atoms with van der Waals surface area (Å²) >= 11 is 0. The van der Waals surface area contributed by atoms with E-state index in [9.17, 15) is 4.79 Å². The van der Waals surface area contributed by atoms with Crippen LogP contribution < -0.4 is 5.73 Å². The van der Waals surface area contributed by atoms with Crippen molar-refractivity contribution in [2.24, 2.45) is 5.73 Å². The van der Waals surface area contributed by atoms with Gasteiger partial charge in [-0.2, -0.15) is 0 Å². The Morgan fingerprint density at radius 1 is 1.44 bits per heavy atom. The standard InChI is InChI=1S/C11H20N2O2.ClH/c1-8-6-13(7-10(2,3)15-8)9(14)11(12)4-5-11;/h8H,4-7,12H2,1-3H3;1H. The highest BCUT2D eigenvalue weighted by Crippen LogP contribution is 2.35. The van der Waals surface area contributed by atoms with Crippen molar-refractivity contribution in [3.63, 3.8) is 0 Å². The second-order valence-electron chi connectivity index (χ2n) is 5.53. The van der Waals surface area contributed by atoms with Gasteiger partial charge in [-0.25, -0.2) is 0 Å². The van der Waals surface area contributed by atoms with Crippen LogP contribution in [0.4, 0.5) is 0 Å². The van der Waals surface area contributed by atoms with Crippen LogP contribution in [0.5, 0.6) is 0 Å². The predicted octanol–water partition coefficient (Wildman–Crippen LogP) is 0.925. The molecule has 2 fully saturated rings. The van der Waals surface area contributed by atoms with Crippen LogP contribution in [-0.2, 0) is 9.53 Å². The van der Waals surface area contributed by atoms with Crippen LogP contribution in [0.3, 0.4) is 0 Å². The Balaban J connectivity index is 0.00000128. The molecule has 1 unspecified atom stereocenters. The van der Waals surface area contributed by atoms with Gasteiger partial charge in [-0.1, -0.05) is 0 Å². The second kappa shape index (κ2) is 4.17. The van der Waals surface area contributed by atoms with Gasteiger partial charge in [-0.3, -0.25) is 4.79 Å². The van der Waals surface area contributed by atoms with Gasteiger partial charge in [0.25, 0.3) is 0 Å². The number of carbonyl (C=O) groups is 1. The van der Waals surface area contributed by atoms with E-state index in [1.165, 1.54) is 0 Å². The Morgan fingerprint density at radius 3 is 2.44 bits per heavy atom. The van der Waals surface area contributed by atoms with Crippen molar-refractivity contribution >= 4 is 18.3 Å². The summed E-state index contributed by atoms with van der Waals surface area (Å²) in [6, 6.07) is 0. The maximum absolute atomic E-state index is 12.1. The summed E-state index contributed by atoms with van der Waals surface area (Å²) in [5.74, 6) is 0.103. The fourth-order valence-corrected chi connectivity index (χ4v) is 2.27. The molecule has 1 atom stereocenters. The monoisotopic (exact) mass is 248 g/mol. The summed E-state index contributed by atoms with van der Waals surface area (Å²) in [4.78, 5) is 13.9. The van der Waals surface area contributed by atoms with E-state index in [4.69, 9.17) is 10.5 Å². The number of morpholine rings is 1. The summed E-state index contributed by atoms with van der Waals surface area (Å²) in [7, 11) is 0. The molecule has 0 aromatic rings. The van der Waals surface area contributed by atoms with Gasteiger partial charge in [0.05, 0.1) is 17.2 Å². The average Bonchev–Trinajstić information content (AvgIpc) is 2.80. The first-order chi connectivity index (χ1) is 6.82. The minimum Gasteiger partial charge on any atom is -0.369 e. The van der Waals surface area contributed by atoms with E-state index >= 15 is 0 Å². The molecule has 0 spiro atoms. The highest BCUT2D eigenvalue weighted by Gasteiger charge is 2.50. The van der Waals surface area contributed by atoms with Gasteiger partial charge in [-0.05, 0) is 33.6 Å². The number of halogens is 1. The number of hydrogen-bond acceptors (Lipinski definition) is 3. The van der Waals surface area contributed by atoms with Crippen LogP contribution >= 0.6 is 12.4 Å². The molecule has 1 saturated heterocycles. The lowest BCUT2D eigenvalue weighted by Crippen LogP contribution is -2.57. The van der Waals surface area contributed by atoms with Crippen LogP contribution in [0.1, 0.15) is 33.6 Å². The van der Waals surface area contributed by atoms with Crippen LogP contribution in [0, 0.1) is 0 Å². The number of amides is 1. The minimum atomic E-state index is -0.548. The summed E-state index contributed by atoms with van der Waals surface area (Å²) in [5.41, 5.74) is 5.12. The number of rotatable bonds is 1. The molecule has 1 saturated carbocycles. The third kappa shape index (κ3) is 2.67. The van der Waals surface area contributed by atoms with Gasteiger partial charge >= 0.3 is 0 Å². The molecule has 94 valence electrons. The molecule has 1 amide bonds. The zero-order valence-corrected chi connectivity index (χ0v) is 11.0. The van der Waals surface area contributed by atoms with Crippen molar-refractivity contribution in [3.8, 4) is 0 Å². The molecule has 2 aliphatic rings. The first kappa shape index (κ1) is 13.7. The topological polar surface area (TPSA) is 55.6 Å². The molecule has 1 aliphatic heterocycles. The van der Waals surface area contributed by atoms with Crippen molar-refractivity contribution in [3.05, 3.63) is 0 Å². The maximum Gasteiger partial charge on any atom is 0.242 e. The lowest BCUT2D eigenvalue weighted by Gasteiger charge is -2.42. The lowest BCUT2D eigenvalue weighted by atomic mass is 10.0. The van der Waals surface area contributed by atoms with Gasteiger partial charge in [0, 0.05) is 13.1 Å². The zero-order chi connectivity index (χ0) is 11.3. The molecular weight excluding hydrogens is 228 g/mol. The smallest absolute Gasteiger partial charge is 0.242 e. The number of ether oxygens (including phenoxy) is 1. The fourth-order valence-electron chi connectivity index (χ4n) is 2.27. The molecule has 2 rings (SSSR count). The highest BCUT2D eigenvalue weighted by molar-refractivity contribution is 5.89. The molecule has 0 bridgehead atoms. The summed E-state index contributed by atoms with van der Waals surface area (Å²) in [6.45, 7) is 7.34. The van der Waals surface area contributed by atoms with Crippen LogP contribution in [0.2, 0.25) is 0 Å². The lowest BCUT2D eigenvalue weighted by molar-refractivity contribution is -0.160. The molecule has 0 radical (unpaired) electrons. The van der Waals surface area contributed by atoms with E-state index < -0.39 is 5.54 Å². The summed E-state index contributed by atoms with van der Waals surface area (Å²) in [6.07, 6.45) is 1.76. The number of hydrogen-bond donors (Lipinski definition) is 1. The Bertz CT molecular complexity index is 290. The van der Waals surface area contributed by atoms with Crippen molar-refractivity contribution in [1.82, 2.24) is 4.90 Å². The van der Waals surface area contributed by atoms with Crippen molar-refractivity contribution < 1.29 is 9.53 Å². The zero-order valence-electron chi connectivity index (χ0n) is 10.2. The molecule has 2 N–H and O–H groups in total. The molecule has 16 heavy (non-hydrogen) atoms. The van der Waals surface area contributed by atoms with Crippen LogP contribution in [0.25, 0.3) is 0 Å². The van der Waals surface area contributed by atoms with E-state index in [0.717, 1.165) is 12.8 Å². The SMILES string of the molecule is CC1CN(C(=O)C2(N)CC2)CC(C)(C)O1.Cl. The number of nitrogens with two attached hydrogens (primary N) is 1. The quantitative estimate of drug-likeness (QED) is 0.751. The summed E-state index contributed by atoms with van der Waals surface area (Å²) < 4.78 is 5.75. The van der Waals surface area contributed by atoms with Gasteiger partial charge in [-0.15, -0.1) is 12.4 Å². The minimum absolute atomic E-state index is 0. The van der Waals surface area contributed by atoms with Gasteiger partial charge < -0.3 is 15.4 Å². The van der Waals surface area contributed by atoms with Crippen molar-refractivity contribution in [1.29, 1.82) is 0 Å². The second-order valence-corrected chi connectivity index (χ2v) is 5.53. The molecule has 4 nitrogen and oxygen atoms in total. The van der Waals surface area contributed by atoms with Crippen molar-refractivity contribution in [2.75, 3.05) is 13.1 Å². The van der Waals surface area contributed by atoms with Gasteiger partial charge in [0.1, 0.15) is 0 Å². The van der Waals surface area contributed by atoms with Crippen LogP contribution in [-0.4, -0.2) is 41.1 Å². The first-order valence-corrected chi connectivity index (χ1v) is 5.58. The third-order valence-electron chi connectivity index (χ3n) is 3.07. The van der Waals surface area contributed by atoms with E-state index in [2.05, 4.69) is 0 Å². The van der Waals surface area contributed by atoms with Crippen LogP contribution in [0.15, 0.2) is 0 Å². The van der Waals surface area contributed by atoms with Crippen molar-refractivity contribution in [2.45, 2.75) is 50.9 Å². The first-order valence-electron chi connectivity index (χ1n) is 5.58. The van der Waals surface area contributed by atoms with E-state index in [1.807, 2.05) is 25.7 Å². The molecular formula is C11H21ClN2O2. The summed E-state index contributed by atoms with van der Waals surface area (Å²) in [5, 5.41) is 0. The Labute approximate surface area is 103 Å². The molecule has 0 aromatic carbocycles.